The summed E-state index contributed by atoms with van der Waals surface area (Å²) in [5, 5.41) is 8.84. The number of carbonyl (C=O) groups is 1. The van der Waals surface area contributed by atoms with E-state index in [1.54, 1.807) is 13.0 Å². The Balaban J connectivity index is 2.82. The smallest absolute Gasteiger partial charge is 0.344 e. The number of halogens is 1. The van der Waals surface area contributed by atoms with Crippen molar-refractivity contribution >= 4 is 5.97 Å². The van der Waals surface area contributed by atoms with Gasteiger partial charge in [0.1, 0.15) is 0 Å². The Hall–Kier alpha value is -1.62. The first-order valence-corrected chi connectivity index (χ1v) is 5.87. The average Bonchev–Trinajstić information content (AvgIpc) is 2.26. The second-order valence-corrected chi connectivity index (χ2v) is 4.30. The van der Waals surface area contributed by atoms with Gasteiger partial charge in [0.05, 0.1) is 0 Å². The molecule has 0 fully saturated rings. The van der Waals surface area contributed by atoms with E-state index in [9.17, 15) is 9.18 Å². The van der Waals surface area contributed by atoms with Gasteiger partial charge in [-0.05, 0) is 37.5 Å². The SMILES string of the molecule is CCC(Oc1ccc(CC(C)N)cc1F)C(=O)O. The van der Waals surface area contributed by atoms with Gasteiger partial charge in [-0.2, -0.15) is 0 Å². The third-order valence-electron chi connectivity index (χ3n) is 2.47. The molecule has 100 valence electrons. The molecule has 1 rings (SSSR count). The maximum Gasteiger partial charge on any atom is 0.344 e. The summed E-state index contributed by atoms with van der Waals surface area (Å²) in [6.07, 6.45) is -0.192. The highest BCUT2D eigenvalue weighted by Crippen LogP contribution is 2.21. The summed E-state index contributed by atoms with van der Waals surface area (Å²) in [5.74, 6) is -1.71. The fourth-order valence-electron chi connectivity index (χ4n) is 1.60. The van der Waals surface area contributed by atoms with Crippen molar-refractivity contribution < 1.29 is 19.0 Å². The van der Waals surface area contributed by atoms with Crippen LogP contribution in [0.1, 0.15) is 25.8 Å². The highest BCUT2D eigenvalue weighted by Gasteiger charge is 2.18. The van der Waals surface area contributed by atoms with Crippen molar-refractivity contribution in [3.63, 3.8) is 0 Å². The van der Waals surface area contributed by atoms with Crippen molar-refractivity contribution in [1.29, 1.82) is 0 Å². The van der Waals surface area contributed by atoms with Gasteiger partial charge in [-0.1, -0.05) is 13.0 Å². The van der Waals surface area contributed by atoms with Gasteiger partial charge in [0.25, 0.3) is 0 Å². The molecule has 18 heavy (non-hydrogen) atoms. The molecule has 0 aliphatic heterocycles. The van der Waals surface area contributed by atoms with Crippen LogP contribution in [0.25, 0.3) is 0 Å². The van der Waals surface area contributed by atoms with Gasteiger partial charge in [-0.3, -0.25) is 0 Å². The van der Waals surface area contributed by atoms with E-state index in [0.29, 0.717) is 6.42 Å². The number of hydrogen-bond donors (Lipinski definition) is 2. The van der Waals surface area contributed by atoms with E-state index in [0.717, 1.165) is 5.56 Å². The van der Waals surface area contributed by atoms with Crippen LogP contribution >= 0.6 is 0 Å². The van der Waals surface area contributed by atoms with Crippen LogP contribution in [0.15, 0.2) is 18.2 Å². The number of aliphatic carboxylic acids is 1. The molecule has 0 saturated heterocycles. The molecule has 5 heteroatoms. The van der Waals surface area contributed by atoms with Crippen LogP contribution < -0.4 is 10.5 Å². The number of hydrogen-bond acceptors (Lipinski definition) is 3. The first kappa shape index (κ1) is 14.4. The van der Waals surface area contributed by atoms with Gasteiger partial charge in [-0.25, -0.2) is 9.18 Å². The minimum Gasteiger partial charge on any atom is -0.479 e. The maximum atomic E-state index is 13.7. The molecule has 0 heterocycles. The Morgan fingerprint density at radius 1 is 1.56 bits per heavy atom. The van der Waals surface area contributed by atoms with Crippen molar-refractivity contribution in [2.24, 2.45) is 5.73 Å². The number of benzene rings is 1. The van der Waals surface area contributed by atoms with Crippen molar-refractivity contribution in [1.82, 2.24) is 0 Å². The molecule has 0 spiro atoms. The Bertz CT molecular complexity index is 421. The molecule has 4 nitrogen and oxygen atoms in total. The molecule has 0 bridgehead atoms. The Labute approximate surface area is 106 Å². The summed E-state index contributed by atoms with van der Waals surface area (Å²) >= 11 is 0. The first-order chi connectivity index (χ1) is 8.43. The summed E-state index contributed by atoms with van der Waals surface area (Å²) in [7, 11) is 0. The van der Waals surface area contributed by atoms with Crippen LogP contribution in [0.2, 0.25) is 0 Å². The predicted octanol–water partition coefficient (Wildman–Crippen LogP) is 1.96. The third-order valence-corrected chi connectivity index (χ3v) is 2.47. The van der Waals surface area contributed by atoms with Crippen molar-refractivity contribution in [3.05, 3.63) is 29.6 Å². The van der Waals surface area contributed by atoms with E-state index in [1.807, 2.05) is 6.92 Å². The summed E-state index contributed by atoms with van der Waals surface area (Å²) < 4.78 is 18.8. The summed E-state index contributed by atoms with van der Waals surface area (Å²) in [6, 6.07) is 4.40. The molecule has 0 radical (unpaired) electrons. The largest absolute Gasteiger partial charge is 0.479 e. The van der Waals surface area contributed by atoms with Gasteiger partial charge in [0.15, 0.2) is 17.7 Å². The minimum atomic E-state index is -1.10. The molecule has 0 aliphatic rings. The quantitative estimate of drug-likeness (QED) is 0.815. The summed E-state index contributed by atoms with van der Waals surface area (Å²) in [4.78, 5) is 10.8. The van der Waals surface area contributed by atoms with Crippen LogP contribution in [-0.2, 0) is 11.2 Å². The van der Waals surface area contributed by atoms with Crippen molar-refractivity contribution in [2.45, 2.75) is 38.8 Å². The van der Waals surface area contributed by atoms with Crippen molar-refractivity contribution in [2.75, 3.05) is 0 Å². The molecule has 2 unspecified atom stereocenters. The molecule has 0 aliphatic carbocycles. The number of rotatable bonds is 6. The average molecular weight is 255 g/mol. The molecular weight excluding hydrogens is 237 g/mol. The van der Waals surface area contributed by atoms with Crippen LogP contribution in [0.5, 0.6) is 5.75 Å². The van der Waals surface area contributed by atoms with E-state index in [-0.39, 0.29) is 18.2 Å². The lowest BCUT2D eigenvalue weighted by Gasteiger charge is -2.14. The predicted molar refractivity (Wildman–Crippen MR) is 66.1 cm³/mol. The molecule has 1 aromatic carbocycles. The lowest BCUT2D eigenvalue weighted by atomic mass is 10.1. The second-order valence-electron chi connectivity index (χ2n) is 4.30. The Morgan fingerprint density at radius 3 is 2.67 bits per heavy atom. The third kappa shape index (κ3) is 4.00. The molecule has 1 aromatic rings. The van der Waals surface area contributed by atoms with Crippen LogP contribution in [0.3, 0.4) is 0 Å². The fraction of sp³-hybridized carbons (Fsp3) is 0.462. The highest BCUT2D eigenvalue weighted by molar-refractivity contribution is 5.72. The second kappa shape index (κ2) is 6.35. The number of carboxylic acid groups (broad SMARTS) is 1. The van der Waals surface area contributed by atoms with Crippen LogP contribution in [0, 0.1) is 5.82 Å². The van der Waals surface area contributed by atoms with E-state index in [4.69, 9.17) is 15.6 Å². The highest BCUT2D eigenvalue weighted by atomic mass is 19.1. The zero-order valence-electron chi connectivity index (χ0n) is 10.5. The summed E-state index contributed by atoms with van der Waals surface area (Å²) in [6.45, 7) is 3.50. The zero-order chi connectivity index (χ0) is 13.7. The van der Waals surface area contributed by atoms with E-state index >= 15 is 0 Å². The maximum absolute atomic E-state index is 13.7. The van der Waals surface area contributed by atoms with Crippen LogP contribution in [-0.4, -0.2) is 23.2 Å². The standard InChI is InChI=1S/C13H18FNO3/c1-3-11(13(16)17)18-12-5-4-9(6-8(2)15)7-10(12)14/h4-5,7-8,11H,3,6,15H2,1-2H3,(H,16,17). The lowest BCUT2D eigenvalue weighted by Crippen LogP contribution is -2.26. The number of nitrogens with two attached hydrogens (primary N) is 1. The van der Waals surface area contributed by atoms with Gasteiger partial charge in [0, 0.05) is 6.04 Å². The fourth-order valence-corrected chi connectivity index (χ4v) is 1.60. The van der Waals surface area contributed by atoms with Gasteiger partial charge in [-0.15, -0.1) is 0 Å². The Morgan fingerprint density at radius 2 is 2.22 bits per heavy atom. The normalized spacial score (nSPS) is 14.0. The molecule has 3 N–H and O–H groups in total. The van der Waals surface area contributed by atoms with E-state index in [2.05, 4.69) is 0 Å². The van der Waals surface area contributed by atoms with E-state index in [1.165, 1.54) is 12.1 Å². The van der Waals surface area contributed by atoms with Crippen LogP contribution in [0.4, 0.5) is 4.39 Å². The first-order valence-electron chi connectivity index (χ1n) is 5.87. The number of carboxylic acids is 1. The zero-order valence-corrected chi connectivity index (χ0v) is 10.5. The minimum absolute atomic E-state index is 0.0438. The summed E-state index contributed by atoms with van der Waals surface area (Å²) in [5.41, 5.74) is 6.39. The molecule has 0 amide bonds. The molecular formula is C13H18FNO3. The Kier molecular flexibility index (Phi) is 5.09. The van der Waals surface area contributed by atoms with Gasteiger partial charge in [0.2, 0.25) is 0 Å². The molecule has 2 atom stereocenters. The van der Waals surface area contributed by atoms with Gasteiger partial charge >= 0.3 is 5.97 Å². The topological polar surface area (TPSA) is 72.5 Å². The lowest BCUT2D eigenvalue weighted by molar-refractivity contribution is -0.145. The number of ether oxygens (including phenoxy) is 1. The van der Waals surface area contributed by atoms with Crippen molar-refractivity contribution in [3.8, 4) is 5.75 Å². The molecule has 0 saturated carbocycles. The molecule has 0 aromatic heterocycles. The van der Waals surface area contributed by atoms with Gasteiger partial charge < -0.3 is 15.6 Å². The monoisotopic (exact) mass is 255 g/mol. The van der Waals surface area contributed by atoms with E-state index < -0.39 is 17.9 Å².